The molecular weight excluding hydrogens is 240 g/mol. The summed E-state index contributed by atoms with van der Waals surface area (Å²) in [5.41, 5.74) is 6.18. The fourth-order valence-electron chi connectivity index (χ4n) is 2.97. The zero-order chi connectivity index (χ0) is 13.8. The summed E-state index contributed by atoms with van der Waals surface area (Å²) >= 11 is 0. The van der Waals surface area contributed by atoms with Gasteiger partial charge in [-0.3, -0.25) is 4.79 Å². The topological polar surface area (TPSA) is 66.6 Å². The van der Waals surface area contributed by atoms with Crippen LogP contribution in [0.2, 0.25) is 0 Å². The smallest absolute Gasteiger partial charge is 0.257 e. The Bertz CT molecular complexity index is 448. The lowest BCUT2D eigenvalue weighted by Crippen LogP contribution is -2.45. The van der Waals surface area contributed by atoms with Gasteiger partial charge in [-0.15, -0.1) is 0 Å². The molecule has 1 amide bonds. The van der Waals surface area contributed by atoms with Crippen molar-refractivity contribution in [1.82, 2.24) is 4.90 Å². The van der Waals surface area contributed by atoms with E-state index in [1.165, 1.54) is 6.42 Å². The fourth-order valence-corrected chi connectivity index (χ4v) is 2.97. The van der Waals surface area contributed by atoms with Crippen LogP contribution >= 0.6 is 0 Å². The van der Waals surface area contributed by atoms with E-state index in [-0.39, 0.29) is 17.7 Å². The largest absolute Gasteiger partial charge is 0.507 e. The van der Waals surface area contributed by atoms with Crippen LogP contribution in [-0.4, -0.2) is 35.5 Å². The van der Waals surface area contributed by atoms with E-state index in [1.807, 2.05) is 7.05 Å². The Morgan fingerprint density at radius 2 is 2.05 bits per heavy atom. The van der Waals surface area contributed by atoms with E-state index in [0.29, 0.717) is 18.0 Å². The second-order valence-corrected chi connectivity index (χ2v) is 5.28. The molecule has 0 bridgehead atoms. The van der Waals surface area contributed by atoms with Crippen LogP contribution < -0.4 is 5.73 Å². The highest BCUT2D eigenvalue weighted by Gasteiger charge is 2.30. The number of aromatic hydroxyl groups is 1. The Hall–Kier alpha value is -1.55. The van der Waals surface area contributed by atoms with Crippen LogP contribution in [-0.2, 0) is 0 Å². The zero-order valence-electron chi connectivity index (χ0n) is 11.4. The van der Waals surface area contributed by atoms with Crippen molar-refractivity contribution < 1.29 is 9.90 Å². The SMILES string of the molecule is CN(C(=O)c1ccccc1O)C1CCCCC1CN. The van der Waals surface area contributed by atoms with Gasteiger partial charge in [-0.1, -0.05) is 25.0 Å². The minimum absolute atomic E-state index is 0.0412. The van der Waals surface area contributed by atoms with Gasteiger partial charge in [-0.2, -0.15) is 0 Å². The second kappa shape index (κ2) is 6.06. The van der Waals surface area contributed by atoms with Crippen LogP contribution in [0, 0.1) is 5.92 Å². The minimum atomic E-state index is -0.122. The van der Waals surface area contributed by atoms with Crippen molar-refractivity contribution in [1.29, 1.82) is 0 Å². The Morgan fingerprint density at radius 3 is 2.74 bits per heavy atom. The first-order chi connectivity index (χ1) is 9.15. The number of nitrogens with two attached hydrogens (primary N) is 1. The lowest BCUT2D eigenvalue weighted by atomic mass is 9.83. The number of phenols is 1. The first kappa shape index (κ1) is 13.9. The first-order valence-corrected chi connectivity index (χ1v) is 6.90. The van der Waals surface area contributed by atoms with Gasteiger partial charge in [-0.25, -0.2) is 0 Å². The molecule has 2 atom stereocenters. The molecule has 0 heterocycles. The number of phenolic OH excluding ortho intramolecular Hbond substituents is 1. The molecule has 1 aromatic rings. The Balaban J connectivity index is 2.16. The maximum Gasteiger partial charge on any atom is 0.257 e. The monoisotopic (exact) mass is 262 g/mol. The molecule has 0 spiro atoms. The predicted octanol–water partition coefficient (Wildman–Crippen LogP) is 1.98. The van der Waals surface area contributed by atoms with E-state index in [2.05, 4.69) is 0 Å². The van der Waals surface area contributed by atoms with Crippen molar-refractivity contribution in [2.45, 2.75) is 31.7 Å². The molecule has 0 aromatic heterocycles. The van der Waals surface area contributed by atoms with E-state index in [9.17, 15) is 9.90 Å². The van der Waals surface area contributed by atoms with Crippen LogP contribution in [0.4, 0.5) is 0 Å². The van der Waals surface area contributed by atoms with Gasteiger partial charge < -0.3 is 15.7 Å². The van der Waals surface area contributed by atoms with Crippen molar-refractivity contribution in [3.63, 3.8) is 0 Å². The van der Waals surface area contributed by atoms with Crippen molar-refractivity contribution >= 4 is 5.91 Å². The Labute approximate surface area is 114 Å². The molecule has 2 unspecified atom stereocenters. The number of benzene rings is 1. The summed E-state index contributed by atoms with van der Waals surface area (Å²) in [6, 6.07) is 6.87. The highest BCUT2D eigenvalue weighted by atomic mass is 16.3. The highest BCUT2D eigenvalue weighted by Crippen LogP contribution is 2.29. The van der Waals surface area contributed by atoms with Gasteiger partial charge in [0.1, 0.15) is 5.75 Å². The summed E-state index contributed by atoms with van der Waals surface area (Å²) in [6.45, 7) is 0.614. The van der Waals surface area contributed by atoms with E-state index >= 15 is 0 Å². The molecule has 1 fully saturated rings. The number of carbonyl (C=O) groups excluding carboxylic acids is 1. The zero-order valence-corrected chi connectivity index (χ0v) is 11.4. The third kappa shape index (κ3) is 2.89. The molecule has 0 radical (unpaired) electrons. The van der Waals surface area contributed by atoms with Crippen LogP contribution in [0.15, 0.2) is 24.3 Å². The number of nitrogens with zero attached hydrogens (tertiary/aromatic N) is 1. The molecule has 4 nitrogen and oxygen atoms in total. The molecule has 1 aliphatic rings. The van der Waals surface area contributed by atoms with Crippen LogP contribution in [0.5, 0.6) is 5.75 Å². The normalized spacial score (nSPS) is 23.1. The highest BCUT2D eigenvalue weighted by molar-refractivity contribution is 5.96. The number of hydrogen-bond acceptors (Lipinski definition) is 3. The molecule has 0 aliphatic heterocycles. The van der Waals surface area contributed by atoms with Gasteiger partial charge in [-0.05, 0) is 37.4 Å². The van der Waals surface area contributed by atoms with Gasteiger partial charge >= 0.3 is 0 Å². The predicted molar refractivity (Wildman–Crippen MR) is 75.0 cm³/mol. The number of para-hydroxylation sites is 1. The van der Waals surface area contributed by atoms with E-state index in [0.717, 1.165) is 19.3 Å². The average Bonchev–Trinajstić information content (AvgIpc) is 2.46. The van der Waals surface area contributed by atoms with E-state index < -0.39 is 0 Å². The molecule has 104 valence electrons. The van der Waals surface area contributed by atoms with Crippen LogP contribution in [0.3, 0.4) is 0 Å². The van der Waals surface area contributed by atoms with Crippen LogP contribution in [0.25, 0.3) is 0 Å². The average molecular weight is 262 g/mol. The summed E-state index contributed by atoms with van der Waals surface area (Å²) in [7, 11) is 1.81. The quantitative estimate of drug-likeness (QED) is 0.875. The maximum atomic E-state index is 12.5. The third-order valence-electron chi connectivity index (χ3n) is 4.12. The lowest BCUT2D eigenvalue weighted by molar-refractivity contribution is 0.0617. The summed E-state index contributed by atoms with van der Waals surface area (Å²) in [4.78, 5) is 14.2. The van der Waals surface area contributed by atoms with Crippen molar-refractivity contribution in [2.24, 2.45) is 11.7 Å². The number of hydrogen-bond donors (Lipinski definition) is 2. The Kier molecular flexibility index (Phi) is 4.43. The summed E-state index contributed by atoms with van der Waals surface area (Å²) in [5.74, 6) is 0.288. The van der Waals surface area contributed by atoms with Gasteiger partial charge in [0.25, 0.3) is 5.91 Å². The summed E-state index contributed by atoms with van der Waals surface area (Å²) in [6.07, 6.45) is 4.41. The van der Waals surface area contributed by atoms with Crippen molar-refractivity contribution in [3.05, 3.63) is 29.8 Å². The third-order valence-corrected chi connectivity index (χ3v) is 4.12. The van der Waals surface area contributed by atoms with Gasteiger partial charge in [0.05, 0.1) is 5.56 Å². The molecular formula is C15H22N2O2. The first-order valence-electron chi connectivity index (χ1n) is 6.90. The molecule has 0 saturated heterocycles. The molecule has 19 heavy (non-hydrogen) atoms. The lowest BCUT2D eigenvalue weighted by Gasteiger charge is -2.37. The fraction of sp³-hybridized carbons (Fsp3) is 0.533. The molecule has 1 aromatic carbocycles. The molecule has 1 aliphatic carbocycles. The molecule has 2 rings (SSSR count). The van der Waals surface area contributed by atoms with Gasteiger partial charge in [0.15, 0.2) is 0 Å². The van der Waals surface area contributed by atoms with Gasteiger partial charge in [0.2, 0.25) is 0 Å². The number of amides is 1. The summed E-state index contributed by atoms with van der Waals surface area (Å²) in [5, 5.41) is 9.78. The second-order valence-electron chi connectivity index (χ2n) is 5.28. The van der Waals surface area contributed by atoms with Gasteiger partial charge in [0, 0.05) is 13.1 Å². The van der Waals surface area contributed by atoms with Crippen molar-refractivity contribution in [2.75, 3.05) is 13.6 Å². The standard InChI is InChI=1S/C15H22N2O2/c1-17(13-8-4-2-6-11(13)10-16)15(19)12-7-3-5-9-14(12)18/h3,5,7,9,11,13,18H,2,4,6,8,10,16H2,1H3. The minimum Gasteiger partial charge on any atom is -0.507 e. The molecule has 1 saturated carbocycles. The van der Waals surface area contributed by atoms with Crippen molar-refractivity contribution in [3.8, 4) is 5.75 Å². The Morgan fingerprint density at radius 1 is 1.37 bits per heavy atom. The number of carbonyl (C=O) groups is 1. The molecule has 4 heteroatoms. The van der Waals surface area contributed by atoms with E-state index in [4.69, 9.17) is 5.73 Å². The van der Waals surface area contributed by atoms with Crippen LogP contribution in [0.1, 0.15) is 36.0 Å². The maximum absolute atomic E-state index is 12.5. The molecule has 3 N–H and O–H groups in total. The number of rotatable bonds is 3. The van der Waals surface area contributed by atoms with E-state index in [1.54, 1.807) is 29.2 Å². The summed E-state index contributed by atoms with van der Waals surface area (Å²) < 4.78 is 0.